The summed E-state index contributed by atoms with van der Waals surface area (Å²) in [6, 6.07) is 6.31. The lowest BCUT2D eigenvalue weighted by Crippen LogP contribution is -2.52. The molecule has 2 rings (SSSR count). The van der Waals surface area contributed by atoms with Crippen LogP contribution in [-0.2, 0) is 26.2 Å². The van der Waals surface area contributed by atoms with Crippen LogP contribution in [0.5, 0.6) is 0 Å². The lowest BCUT2D eigenvalue weighted by Gasteiger charge is -2.33. The normalized spacial score (nSPS) is 12.2. The van der Waals surface area contributed by atoms with Crippen molar-refractivity contribution >= 4 is 50.7 Å². The Morgan fingerprint density at radius 3 is 2.20 bits per heavy atom. The lowest BCUT2D eigenvalue weighted by molar-refractivity contribution is -0.140. The van der Waals surface area contributed by atoms with E-state index in [4.69, 9.17) is 23.2 Å². The zero-order valence-electron chi connectivity index (χ0n) is 19.5. The molecule has 35 heavy (non-hydrogen) atoms. The van der Waals surface area contributed by atoms with Crippen LogP contribution in [0.15, 0.2) is 36.4 Å². The highest BCUT2D eigenvalue weighted by atomic mass is 35.5. The quantitative estimate of drug-likeness (QED) is 0.450. The number of benzene rings is 2. The molecule has 192 valence electrons. The second-order valence-corrected chi connectivity index (χ2v) is 10.5. The number of nitrogens with one attached hydrogen (secondary N) is 1. The minimum Gasteiger partial charge on any atom is -0.354 e. The van der Waals surface area contributed by atoms with Gasteiger partial charge in [0.2, 0.25) is 21.8 Å². The van der Waals surface area contributed by atoms with Gasteiger partial charge >= 0.3 is 0 Å². The van der Waals surface area contributed by atoms with Crippen LogP contribution in [0.3, 0.4) is 0 Å². The van der Waals surface area contributed by atoms with Crippen LogP contribution in [0.25, 0.3) is 0 Å². The van der Waals surface area contributed by atoms with Crippen LogP contribution in [-0.4, -0.2) is 50.5 Å². The predicted octanol–water partition coefficient (Wildman–Crippen LogP) is 4.37. The van der Waals surface area contributed by atoms with Crippen LogP contribution in [0.1, 0.15) is 32.3 Å². The summed E-state index contributed by atoms with van der Waals surface area (Å²) in [6.07, 6.45) is 1.72. The highest BCUT2D eigenvalue weighted by Gasteiger charge is 2.32. The van der Waals surface area contributed by atoms with E-state index in [-0.39, 0.29) is 28.7 Å². The van der Waals surface area contributed by atoms with Crippen LogP contribution in [0, 0.1) is 11.6 Å². The van der Waals surface area contributed by atoms with Gasteiger partial charge in [0.25, 0.3) is 0 Å². The molecule has 2 amide bonds. The van der Waals surface area contributed by atoms with Gasteiger partial charge in [-0.05, 0) is 37.1 Å². The van der Waals surface area contributed by atoms with Crippen molar-refractivity contribution in [3.63, 3.8) is 0 Å². The van der Waals surface area contributed by atoms with Gasteiger partial charge in [0.15, 0.2) is 11.6 Å². The Morgan fingerprint density at radius 2 is 1.69 bits per heavy atom. The number of anilines is 1. The van der Waals surface area contributed by atoms with Crippen molar-refractivity contribution in [1.82, 2.24) is 10.2 Å². The molecule has 2 aromatic carbocycles. The van der Waals surface area contributed by atoms with Crippen molar-refractivity contribution in [1.29, 1.82) is 0 Å². The van der Waals surface area contributed by atoms with E-state index in [1.54, 1.807) is 25.1 Å². The molecule has 0 saturated carbocycles. The van der Waals surface area contributed by atoms with E-state index >= 15 is 0 Å². The maximum Gasteiger partial charge on any atom is 0.244 e. The van der Waals surface area contributed by atoms with Crippen molar-refractivity contribution in [3.8, 4) is 0 Å². The van der Waals surface area contributed by atoms with E-state index < -0.39 is 46.1 Å². The molecule has 0 heterocycles. The fraction of sp³-hybridized carbons (Fsp3) is 0.391. The van der Waals surface area contributed by atoms with E-state index in [2.05, 4.69) is 5.32 Å². The standard InChI is InChI=1S/C23H27Cl2F2N3O4S/c1-4-11-28-23(32)21(5-2)29(13-16-17(24)7-6-8-18(16)25)22(31)14-30(35(3,33)34)15-9-10-19(26)20(27)12-15/h6-10,12,21H,4-5,11,13-14H2,1-3H3,(H,28,32)/t21-/m1/s1. The summed E-state index contributed by atoms with van der Waals surface area (Å²) in [6.45, 7) is 3.02. The highest BCUT2D eigenvalue weighted by Crippen LogP contribution is 2.28. The fourth-order valence-electron chi connectivity index (χ4n) is 3.39. The summed E-state index contributed by atoms with van der Waals surface area (Å²) >= 11 is 12.6. The van der Waals surface area contributed by atoms with Crippen molar-refractivity contribution in [2.75, 3.05) is 23.7 Å². The van der Waals surface area contributed by atoms with Gasteiger partial charge in [-0.2, -0.15) is 0 Å². The number of rotatable bonds is 11. The van der Waals surface area contributed by atoms with Crippen LogP contribution in [0.4, 0.5) is 14.5 Å². The third kappa shape index (κ3) is 7.52. The molecule has 0 spiro atoms. The maximum atomic E-state index is 13.8. The first-order chi connectivity index (χ1) is 16.4. The molecular formula is C23H27Cl2F2N3O4S. The molecule has 0 unspecified atom stereocenters. The first-order valence-electron chi connectivity index (χ1n) is 10.8. The molecule has 0 aliphatic heterocycles. The average Bonchev–Trinajstić information content (AvgIpc) is 2.78. The summed E-state index contributed by atoms with van der Waals surface area (Å²) in [5.41, 5.74) is 0.142. The summed E-state index contributed by atoms with van der Waals surface area (Å²) in [4.78, 5) is 27.6. The van der Waals surface area contributed by atoms with Gasteiger partial charge in [0, 0.05) is 34.8 Å². The number of sulfonamides is 1. The van der Waals surface area contributed by atoms with Gasteiger partial charge in [-0.15, -0.1) is 0 Å². The molecule has 0 fully saturated rings. The van der Waals surface area contributed by atoms with Crippen LogP contribution < -0.4 is 9.62 Å². The average molecular weight is 550 g/mol. The smallest absolute Gasteiger partial charge is 0.244 e. The Kier molecular flexibility index (Phi) is 10.3. The lowest BCUT2D eigenvalue weighted by atomic mass is 10.1. The summed E-state index contributed by atoms with van der Waals surface area (Å²) in [5, 5.41) is 3.27. The first kappa shape index (κ1) is 28.8. The molecule has 12 heteroatoms. The van der Waals surface area contributed by atoms with Crippen molar-refractivity contribution in [2.45, 2.75) is 39.3 Å². The second-order valence-electron chi connectivity index (χ2n) is 7.80. The molecule has 0 aromatic heterocycles. The number of carbonyl (C=O) groups is 2. The zero-order chi connectivity index (χ0) is 26.3. The van der Waals surface area contributed by atoms with Gasteiger partial charge in [0.1, 0.15) is 12.6 Å². The minimum absolute atomic E-state index is 0.176. The van der Waals surface area contributed by atoms with Crippen molar-refractivity contribution in [2.24, 2.45) is 0 Å². The number of nitrogens with zero attached hydrogens (tertiary/aromatic N) is 2. The number of hydrogen-bond acceptors (Lipinski definition) is 4. The maximum absolute atomic E-state index is 13.8. The van der Waals surface area contributed by atoms with E-state index in [1.165, 1.54) is 4.90 Å². The Bertz CT molecular complexity index is 1160. The van der Waals surface area contributed by atoms with Crippen LogP contribution in [0.2, 0.25) is 10.0 Å². The molecule has 1 N–H and O–H groups in total. The molecule has 0 aliphatic carbocycles. The molecule has 0 radical (unpaired) electrons. The third-order valence-corrected chi connectivity index (χ3v) is 7.04. The number of hydrogen-bond donors (Lipinski definition) is 1. The Labute approximate surface area is 214 Å². The van der Waals surface area contributed by atoms with Gasteiger partial charge < -0.3 is 10.2 Å². The van der Waals surface area contributed by atoms with Crippen molar-refractivity contribution in [3.05, 3.63) is 63.6 Å². The first-order valence-corrected chi connectivity index (χ1v) is 13.4. The van der Waals surface area contributed by atoms with Gasteiger partial charge in [-0.25, -0.2) is 17.2 Å². The van der Waals surface area contributed by atoms with E-state index in [1.807, 2.05) is 6.92 Å². The summed E-state index contributed by atoms with van der Waals surface area (Å²) in [5.74, 6) is -3.62. The van der Waals surface area contributed by atoms with Crippen LogP contribution >= 0.6 is 23.2 Å². The minimum atomic E-state index is -4.09. The third-order valence-electron chi connectivity index (χ3n) is 5.20. The number of amides is 2. The second kappa shape index (κ2) is 12.5. The Balaban J connectivity index is 2.50. The topological polar surface area (TPSA) is 86.8 Å². The number of carbonyl (C=O) groups excluding carboxylic acids is 2. The van der Waals surface area contributed by atoms with Gasteiger partial charge in [-0.1, -0.05) is 43.1 Å². The molecule has 2 aromatic rings. The predicted molar refractivity (Wildman–Crippen MR) is 133 cm³/mol. The zero-order valence-corrected chi connectivity index (χ0v) is 21.9. The molecule has 0 aliphatic rings. The van der Waals surface area contributed by atoms with E-state index in [0.717, 1.165) is 18.4 Å². The van der Waals surface area contributed by atoms with Crippen molar-refractivity contribution < 1.29 is 26.8 Å². The largest absolute Gasteiger partial charge is 0.354 e. The Hall–Kier alpha value is -2.43. The highest BCUT2D eigenvalue weighted by molar-refractivity contribution is 7.92. The molecular weight excluding hydrogens is 523 g/mol. The van der Waals surface area contributed by atoms with Gasteiger partial charge in [0.05, 0.1) is 11.9 Å². The van der Waals surface area contributed by atoms with E-state index in [0.29, 0.717) is 28.9 Å². The molecule has 0 bridgehead atoms. The molecule has 7 nitrogen and oxygen atoms in total. The monoisotopic (exact) mass is 549 g/mol. The molecule has 0 saturated heterocycles. The SMILES string of the molecule is CCCNC(=O)[C@@H](CC)N(Cc1c(Cl)cccc1Cl)C(=O)CN(c1ccc(F)c(F)c1)S(C)(=O)=O. The molecule has 1 atom stereocenters. The van der Waals surface area contributed by atoms with E-state index in [9.17, 15) is 26.8 Å². The summed E-state index contributed by atoms with van der Waals surface area (Å²) in [7, 11) is -4.09. The fourth-order valence-corrected chi connectivity index (χ4v) is 4.75. The number of halogens is 4. The summed E-state index contributed by atoms with van der Waals surface area (Å²) < 4.78 is 52.9. The van der Waals surface area contributed by atoms with Gasteiger partial charge in [-0.3, -0.25) is 13.9 Å². The Morgan fingerprint density at radius 1 is 1.06 bits per heavy atom.